The second-order valence-corrected chi connectivity index (χ2v) is 5.67. The molecular weight excluding hydrogens is 232 g/mol. The van der Waals surface area contributed by atoms with E-state index in [-0.39, 0.29) is 12.0 Å². The van der Waals surface area contributed by atoms with Gasteiger partial charge in [-0.25, -0.2) is 0 Å². The minimum absolute atomic E-state index is 0.0504. The van der Waals surface area contributed by atoms with E-state index < -0.39 is 17.5 Å². The summed E-state index contributed by atoms with van der Waals surface area (Å²) in [5.74, 6) is -1.01. The average molecular weight is 260 g/mol. The van der Waals surface area contributed by atoms with Gasteiger partial charge in [0.05, 0.1) is 17.6 Å². The number of hydrogen-bond donors (Lipinski definition) is 2. The highest BCUT2D eigenvalue weighted by Crippen LogP contribution is 2.29. The molecule has 0 saturated heterocycles. The van der Waals surface area contributed by atoms with Gasteiger partial charge in [-0.1, -0.05) is 20.3 Å². The first-order chi connectivity index (χ1) is 8.27. The Morgan fingerprint density at radius 1 is 1.28 bits per heavy atom. The number of rotatable bonds is 9. The quantitative estimate of drug-likeness (QED) is 0.669. The standard InChI is InChI=1S/C14H28O4/c1-6-7-11(18-5)9-8-10(2)12(15)14(3,4)13(16)17/h10-12,15H,6-9H2,1-5H3,(H,16,17)/t10-,11+,12+/m1/s1. The number of aliphatic hydroxyl groups is 1. The number of ether oxygens (including phenoxy) is 1. The van der Waals surface area contributed by atoms with E-state index in [0.29, 0.717) is 0 Å². The molecule has 2 N–H and O–H groups in total. The molecule has 0 unspecified atom stereocenters. The SMILES string of the molecule is CCC[C@@H](CC[C@@H](C)[C@H](O)C(C)(C)C(=O)O)OC. The molecule has 108 valence electrons. The third-order valence-electron chi connectivity index (χ3n) is 3.72. The van der Waals surface area contributed by atoms with Crippen LogP contribution in [0.3, 0.4) is 0 Å². The predicted octanol–water partition coefficient (Wildman–Crippen LogP) is 2.69. The molecule has 0 aromatic heterocycles. The number of methoxy groups -OCH3 is 1. The van der Waals surface area contributed by atoms with Crippen LogP contribution in [0.4, 0.5) is 0 Å². The van der Waals surface area contributed by atoms with Gasteiger partial charge in [-0.15, -0.1) is 0 Å². The van der Waals surface area contributed by atoms with Gasteiger partial charge < -0.3 is 14.9 Å². The lowest BCUT2D eigenvalue weighted by atomic mass is 9.78. The fourth-order valence-electron chi connectivity index (χ4n) is 2.15. The fraction of sp³-hybridized carbons (Fsp3) is 0.929. The summed E-state index contributed by atoms with van der Waals surface area (Å²) in [6, 6.07) is 0. The fourth-order valence-corrected chi connectivity index (χ4v) is 2.15. The van der Waals surface area contributed by atoms with Crippen molar-refractivity contribution in [1.82, 2.24) is 0 Å². The highest BCUT2D eigenvalue weighted by atomic mass is 16.5. The van der Waals surface area contributed by atoms with Crippen molar-refractivity contribution in [2.45, 2.75) is 65.6 Å². The molecule has 0 aromatic carbocycles. The largest absolute Gasteiger partial charge is 0.481 e. The molecule has 0 amide bonds. The van der Waals surface area contributed by atoms with Gasteiger partial charge in [0.2, 0.25) is 0 Å². The van der Waals surface area contributed by atoms with Gasteiger partial charge in [0.1, 0.15) is 0 Å². The van der Waals surface area contributed by atoms with E-state index in [1.807, 2.05) is 6.92 Å². The van der Waals surface area contributed by atoms with Crippen LogP contribution in [-0.4, -0.2) is 35.5 Å². The second kappa shape index (κ2) is 7.74. The summed E-state index contributed by atoms with van der Waals surface area (Å²) < 4.78 is 5.36. The molecule has 0 bridgehead atoms. The van der Waals surface area contributed by atoms with Gasteiger partial charge >= 0.3 is 5.97 Å². The molecule has 0 aliphatic rings. The highest BCUT2D eigenvalue weighted by Gasteiger charge is 2.38. The first-order valence-corrected chi connectivity index (χ1v) is 6.71. The summed E-state index contributed by atoms with van der Waals surface area (Å²) in [6.45, 7) is 7.14. The van der Waals surface area contributed by atoms with Gasteiger partial charge in [-0.3, -0.25) is 4.79 Å². The molecule has 0 aliphatic heterocycles. The lowest BCUT2D eigenvalue weighted by Gasteiger charge is -2.31. The van der Waals surface area contributed by atoms with E-state index in [2.05, 4.69) is 6.92 Å². The molecule has 0 aliphatic carbocycles. The van der Waals surface area contributed by atoms with Gasteiger partial charge in [-0.05, 0) is 39.0 Å². The van der Waals surface area contributed by atoms with Crippen LogP contribution < -0.4 is 0 Å². The zero-order valence-corrected chi connectivity index (χ0v) is 12.3. The Morgan fingerprint density at radius 3 is 2.22 bits per heavy atom. The number of carbonyl (C=O) groups is 1. The molecule has 0 rings (SSSR count). The molecule has 0 heterocycles. The lowest BCUT2D eigenvalue weighted by molar-refractivity contribution is -0.155. The first-order valence-electron chi connectivity index (χ1n) is 6.71. The number of aliphatic carboxylic acids is 1. The van der Waals surface area contributed by atoms with Crippen LogP contribution in [-0.2, 0) is 9.53 Å². The summed E-state index contributed by atoms with van der Waals surface area (Å²) in [5, 5.41) is 19.2. The Labute approximate surface area is 110 Å². The van der Waals surface area contributed by atoms with Crippen LogP contribution in [0.5, 0.6) is 0 Å². The van der Waals surface area contributed by atoms with Gasteiger partial charge in [0, 0.05) is 7.11 Å². The lowest BCUT2D eigenvalue weighted by Crippen LogP contribution is -2.41. The maximum atomic E-state index is 11.1. The van der Waals surface area contributed by atoms with Crippen LogP contribution in [0, 0.1) is 11.3 Å². The molecule has 0 saturated carbocycles. The number of aliphatic hydroxyl groups excluding tert-OH is 1. The minimum Gasteiger partial charge on any atom is -0.481 e. The van der Waals surface area contributed by atoms with Gasteiger partial charge in [-0.2, -0.15) is 0 Å². The topological polar surface area (TPSA) is 66.8 Å². The Kier molecular flexibility index (Phi) is 7.48. The van der Waals surface area contributed by atoms with Gasteiger partial charge in [0.15, 0.2) is 0 Å². The summed E-state index contributed by atoms with van der Waals surface area (Å²) in [7, 11) is 1.70. The van der Waals surface area contributed by atoms with Crippen LogP contribution in [0.2, 0.25) is 0 Å². The third kappa shape index (κ3) is 4.94. The molecular formula is C14H28O4. The van der Waals surface area contributed by atoms with Gasteiger partial charge in [0.25, 0.3) is 0 Å². The average Bonchev–Trinajstić information content (AvgIpc) is 2.32. The summed E-state index contributed by atoms with van der Waals surface area (Å²) in [4.78, 5) is 11.1. The summed E-state index contributed by atoms with van der Waals surface area (Å²) in [5.41, 5.74) is -1.10. The molecule has 0 spiro atoms. The predicted molar refractivity (Wildman–Crippen MR) is 71.5 cm³/mol. The van der Waals surface area contributed by atoms with Crippen molar-refractivity contribution < 1.29 is 19.7 Å². The molecule has 3 atom stereocenters. The minimum atomic E-state index is -1.10. The van der Waals surface area contributed by atoms with Crippen LogP contribution in [0.25, 0.3) is 0 Å². The van der Waals surface area contributed by atoms with E-state index >= 15 is 0 Å². The molecule has 0 aromatic rings. The van der Waals surface area contributed by atoms with E-state index in [4.69, 9.17) is 9.84 Å². The van der Waals surface area contributed by atoms with Crippen LogP contribution >= 0.6 is 0 Å². The highest BCUT2D eigenvalue weighted by molar-refractivity contribution is 5.74. The molecule has 4 heteroatoms. The van der Waals surface area contributed by atoms with Crippen molar-refractivity contribution in [3.05, 3.63) is 0 Å². The Morgan fingerprint density at radius 2 is 1.83 bits per heavy atom. The number of carboxylic acid groups (broad SMARTS) is 1. The Balaban J connectivity index is 4.31. The molecule has 18 heavy (non-hydrogen) atoms. The first kappa shape index (κ1) is 17.4. The van der Waals surface area contributed by atoms with Crippen molar-refractivity contribution in [2.75, 3.05) is 7.11 Å². The van der Waals surface area contributed by atoms with Crippen molar-refractivity contribution in [1.29, 1.82) is 0 Å². The maximum absolute atomic E-state index is 11.1. The second-order valence-electron chi connectivity index (χ2n) is 5.67. The summed E-state index contributed by atoms with van der Waals surface area (Å²) >= 11 is 0. The molecule has 4 nitrogen and oxygen atoms in total. The third-order valence-corrected chi connectivity index (χ3v) is 3.72. The molecule has 0 fully saturated rings. The van der Waals surface area contributed by atoms with Crippen LogP contribution in [0.15, 0.2) is 0 Å². The van der Waals surface area contributed by atoms with Crippen molar-refractivity contribution in [3.8, 4) is 0 Å². The Bertz CT molecular complexity index is 250. The normalized spacial score (nSPS) is 17.2. The summed E-state index contributed by atoms with van der Waals surface area (Å²) in [6.07, 6.45) is 3.07. The van der Waals surface area contributed by atoms with Crippen LogP contribution in [0.1, 0.15) is 53.4 Å². The smallest absolute Gasteiger partial charge is 0.311 e. The maximum Gasteiger partial charge on any atom is 0.311 e. The van der Waals surface area contributed by atoms with Crippen molar-refractivity contribution >= 4 is 5.97 Å². The zero-order valence-electron chi connectivity index (χ0n) is 12.3. The number of hydrogen-bond acceptors (Lipinski definition) is 3. The van der Waals surface area contributed by atoms with E-state index in [9.17, 15) is 9.90 Å². The van der Waals surface area contributed by atoms with E-state index in [1.54, 1.807) is 21.0 Å². The number of carboxylic acids is 1. The molecule has 0 radical (unpaired) electrons. The van der Waals surface area contributed by atoms with E-state index in [1.165, 1.54) is 0 Å². The Hall–Kier alpha value is -0.610. The zero-order chi connectivity index (χ0) is 14.3. The van der Waals surface area contributed by atoms with Crippen molar-refractivity contribution in [3.63, 3.8) is 0 Å². The van der Waals surface area contributed by atoms with E-state index in [0.717, 1.165) is 25.7 Å². The monoisotopic (exact) mass is 260 g/mol. The van der Waals surface area contributed by atoms with Crippen molar-refractivity contribution in [2.24, 2.45) is 11.3 Å².